The van der Waals surface area contributed by atoms with Gasteiger partial charge in [-0.15, -0.1) is 0 Å². The van der Waals surface area contributed by atoms with E-state index in [4.69, 9.17) is 9.84 Å². The molecule has 1 aliphatic rings. The number of hydrogen-bond donors (Lipinski definition) is 1. The van der Waals surface area contributed by atoms with Gasteiger partial charge in [-0.3, -0.25) is 9.59 Å². The van der Waals surface area contributed by atoms with Crippen LogP contribution in [-0.4, -0.2) is 47.7 Å². The minimum atomic E-state index is -1.01. The van der Waals surface area contributed by atoms with E-state index in [1.165, 1.54) is 18.4 Å². The molecule has 1 amide bonds. The van der Waals surface area contributed by atoms with Crippen molar-refractivity contribution in [3.63, 3.8) is 0 Å². The quantitative estimate of drug-likeness (QED) is 0.810. The van der Waals surface area contributed by atoms with Gasteiger partial charge in [0.1, 0.15) is 12.6 Å². The highest BCUT2D eigenvalue weighted by molar-refractivity contribution is 5.84. The van der Waals surface area contributed by atoms with Gasteiger partial charge in [-0.25, -0.2) is 0 Å². The Morgan fingerprint density at radius 2 is 2.11 bits per heavy atom. The highest BCUT2D eigenvalue weighted by Crippen LogP contribution is 2.26. The first-order valence-corrected chi connectivity index (χ1v) is 6.52. The van der Waals surface area contributed by atoms with Gasteiger partial charge in [-0.2, -0.15) is 0 Å². The first-order chi connectivity index (χ1) is 8.40. The van der Waals surface area contributed by atoms with Crippen molar-refractivity contribution < 1.29 is 19.4 Å². The summed E-state index contributed by atoms with van der Waals surface area (Å²) >= 11 is 0. The summed E-state index contributed by atoms with van der Waals surface area (Å²) in [5, 5.41) is 8.64. The molecule has 0 unspecified atom stereocenters. The van der Waals surface area contributed by atoms with Gasteiger partial charge >= 0.3 is 5.97 Å². The van der Waals surface area contributed by atoms with E-state index in [1.807, 2.05) is 0 Å². The van der Waals surface area contributed by atoms with Crippen LogP contribution < -0.4 is 0 Å². The number of carboxylic acid groups (broad SMARTS) is 1. The van der Waals surface area contributed by atoms with E-state index in [1.54, 1.807) is 6.92 Å². The second-order valence-corrected chi connectivity index (χ2v) is 5.26. The van der Waals surface area contributed by atoms with E-state index >= 15 is 0 Å². The first kappa shape index (κ1) is 15.0. The van der Waals surface area contributed by atoms with E-state index in [-0.39, 0.29) is 18.6 Å². The van der Waals surface area contributed by atoms with E-state index in [9.17, 15) is 9.59 Å². The lowest BCUT2D eigenvalue weighted by Gasteiger charge is -2.30. The number of aliphatic carboxylic acids is 1. The zero-order chi connectivity index (χ0) is 13.7. The third-order valence-electron chi connectivity index (χ3n) is 3.38. The lowest BCUT2D eigenvalue weighted by Crippen LogP contribution is -2.41. The monoisotopic (exact) mass is 257 g/mol. The molecule has 1 aliphatic carbocycles. The summed E-state index contributed by atoms with van der Waals surface area (Å²) in [4.78, 5) is 23.6. The number of hydrogen-bond acceptors (Lipinski definition) is 3. The fourth-order valence-corrected chi connectivity index (χ4v) is 2.44. The zero-order valence-electron chi connectivity index (χ0n) is 11.4. The molecule has 3 atom stereocenters. The molecule has 0 bridgehead atoms. The Bertz CT molecular complexity index is 305. The number of ether oxygens (including phenoxy) is 1. The number of carboxylic acids is 1. The van der Waals surface area contributed by atoms with Gasteiger partial charge in [0, 0.05) is 7.05 Å². The SMILES string of the molecule is C[C@@H]1CCC[C@H](O[C@@H](C)C(=O)N(C)CC(=O)O)C1. The second-order valence-electron chi connectivity index (χ2n) is 5.26. The standard InChI is InChI=1S/C13H23NO4/c1-9-5-4-6-11(7-9)18-10(2)13(17)14(3)8-12(15)16/h9-11H,4-8H2,1-3H3,(H,15,16)/t9-,10+,11+/m1/s1. The van der Waals surface area contributed by atoms with Gasteiger partial charge in [0.25, 0.3) is 5.91 Å². The number of carbonyl (C=O) groups excluding carboxylic acids is 1. The molecule has 0 radical (unpaired) electrons. The molecule has 1 rings (SSSR count). The Kier molecular flexibility index (Phi) is 5.59. The van der Waals surface area contributed by atoms with E-state index in [0.717, 1.165) is 19.3 Å². The largest absolute Gasteiger partial charge is 0.480 e. The van der Waals surface area contributed by atoms with Gasteiger partial charge in [0.05, 0.1) is 6.10 Å². The molecule has 0 aromatic heterocycles. The van der Waals surface area contributed by atoms with Crippen LogP contribution in [0.5, 0.6) is 0 Å². The average Bonchev–Trinajstić information content (AvgIpc) is 2.27. The smallest absolute Gasteiger partial charge is 0.323 e. The fourth-order valence-electron chi connectivity index (χ4n) is 2.44. The molecule has 0 spiro atoms. The van der Waals surface area contributed by atoms with Crippen LogP contribution in [0.3, 0.4) is 0 Å². The minimum Gasteiger partial charge on any atom is -0.480 e. The van der Waals surface area contributed by atoms with Crippen molar-refractivity contribution in [2.24, 2.45) is 5.92 Å². The third-order valence-corrected chi connectivity index (χ3v) is 3.38. The summed E-state index contributed by atoms with van der Waals surface area (Å²) in [6, 6.07) is 0. The minimum absolute atomic E-state index is 0.130. The third kappa shape index (κ3) is 4.64. The molecule has 1 saturated carbocycles. The molecular weight excluding hydrogens is 234 g/mol. The Hall–Kier alpha value is -1.10. The summed E-state index contributed by atoms with van der Waals surface area (Å²) in [5.41, 5.74) is 0. The second kappa shape index (κ2) is 6.73. The number of nitrogens with zero attached hydrogens (tertiary/aromatic N) is 1. The van der Waals surface area contributed by atoms with E-state index in [2.05, 4.69) is 6.92 Å². The highest BCUT2D eigenvalue weighted by atomic mass is 16.5. The van der Waals surface area contributed by atoms with Gasteiger partial charge in [0.2, 0.25) is 0 Å². The van der Waals surface area contributed by atoms with Gasteiger partial charge in [-0.05, 0) is 25.7 Å². The molecule has 1 fully saturated rings. The first-order valence-electron chi connectivity index (χ1n) is 6.52. The van der Waals surface area contributed by atoms with Crippen LogP contribution in [0.15, 0.2) is 0 Å². The zero-order valence-corrected chi connectivity index (χ0v) is 11.4. The maximum absolute atomic E-state index is 11.9. The van der Waals surface area contributed by atoms with Crippen molar-refractivity contribution in [1.29, 1.82) is 0 Å². The Labute approximate surface area is 108 Å². The predicted octanol–water partition coefficient (Wildman–Crippen LogP) is 1.51. The molecule has 0 heterocycles. The van der Waals surface area contributed by atoms with Crippen molar-refractivity contribution in [3.8, 4) is 0 Å². The molecule has 5 heteroatoms. The number of rotatable bonds is 5. The van der Waals surface area contributed by atoms with Crippen molar-refractivity contribution in [2.45, 2.75) is 51.7 Å². The van der Waals surface area contributed by atoms with Crippen LogP contribution in [0, 0.1) is 5.92 Å². The van der Waals surface area contributed by atoms with Crippen LogP contribution in [0.2, 0.25) is 0 Å². The van der Waals surface area contributed by atoms with Crippen molar-refractivity contribution in [3.05, 3.63) is 0 Å². The van der Waals surface area contributed by atoms with Crippen molar-refractivity contribution in [1.82, 2.24) is 4.90 Å². The summed E-state index contributed by atoms with van der Waals surface area (Å²) < 4.78 is 5.74. The summed E-state index contributed by atoms with van der Waals surface area (Å²) in [6.45, 7) is 3.60. The topological polar surface area (TPSA) is 66.8 Å². The number of carbonyl (C=O) groups is 2. The van der Waals surface area contributed by atoms with Crippen molar-refractivity contribution >= 4 is 11.9 Å². The molecular formula is C13H23NO4. The number of amides is 1. The van der Waals surface area contributed by atoms with Crippen LogP contribution in [0.1, 0.15) is 39.5 Å². The van der Waals surface area contributed by atoms with Crippen LogP contribution in [0.25, 0.3) is 0 Å². The maximum atomic E-state index is 11.9. The lowest BCUT2D eigenvalue weighted by molar-refractivity contribution is -0.152. The normalized spacial score (nSPS) is 25.5. The molecule has 5 nitrogen and oxygen atoms in total. The van der Waals surface area contributed by atoms with Crippen LogP contribution >= 0.6 is 0 Å². The number of likely N-dealkylation sites (N-methyl/N-ethyl adjacent to an activating group) is 1. The summed E-state index contributed by atoms with van der Waals surface area (Å²) in [7, 11) is 1.49. The summed E-state index contributed by atoms with van der Waals surface area (Å²) in [5.74, 6) is -0.636. The molecule has 0 saturated heterocycles. The molecule has 0 aromatic rings. The predicted molar refractivity (Wildman–Crippen MR) is 67.2 cm³/mol. The van der Waals surface area contributed by atoms with E-state index in [0.29, 0.717) is 5.92 Å². The highest BCUT2D eigenvalue weighted by Gasteiger charge is 2.26. The summed E-state index contributed by atoms with van der Waals surface area (Å²) in [6.07, 6.45) is 3.90. The van der Waals surface area contributed by atoms with Crippen molar-refractivity contribution in [2.75, 3.05) is 13.6 Å². The fraction of sp³-hybridized carbons (Fsp3) is 0.846. The molecule has 0 aliphatic heterocycles. The van der Waals surface area contributed by atoms with Crippen LogP contribution in [-0.2, 0) is 14.3 Å². The molecule has 104 valence electrons. The lowest BCUT2D eigenvalue weighted by atomic mass is 9.88. The maximum Gasteiger partial charge on any atom is 0.323 e. The van der Waals surface area contributed by atoms with E-state index < -0.39 is 12.1 Å². The molecule has 1 N–H and O–H groups in total. The van der Waals surface area contributed by atoms with Gasteiger partial charge in [-0.1, -0.05) is 19.8 Å². The van der Waals surface area contributed by atoms with Gasteiger partial charge in [0.15, 0.2) is 0 Å². The Balaban J connectivity index is 2.41. The average molecular weight is 257 g/mol. The molecule has 18 heavy (non-hydrogen) atoms. The van der Waals surface area contributed by atoms with Crippen LogP contribution in [0.4, 0.5) is 0 Å². The Morgan fingerprint density at radius 1 is 1.44 bits per heavy atom. The molecule has 0 aromatic carbocycles. The van der Waals surface area contributed by atoms with Gasteiger partial charge < -0.3 is 14.7 Å². The Morgan fingerprint density at radius 3 is 2.67 bits per heavy atom.